The molecule has 136 valence electrons. The molecule has 0 aromatic heterocycles. The number of carbonyl (C=O) groups is 1. The number of amides is 1. The number of carbonyl (C=O) groups excluding carboxylic acids is 1. The van der Waals surface area contributed by atoms with Crippen LogP contribution < -0.4 is 11.1 Å². The number of rotatable bonds is 7. The van der Waals surface area contributed by atoms with Crippen LogP contribution in [0.3, 0.4) is 0 Å². The number of nitrogens with two attached hydrogens (primary N) is 1. The summed E-state index contributed by atoms with van der Waals surface area (Å²) in [6.07, 6.45) is 2.87. The summed E-state index contributed by atoms with van der Waals surface area (Å²) >= 11 is 6.09. The Kier molecular flexibility index (Phi) is 7.04. The van der Waals surface area contributed by atoms with Gasteiger partial charge in [-0.15, -0.1) is 12.4 Å². The number of sulfone groups is 1. The van der Waals surface area contributed by atoms with E-state index in [0.29, 0.717) is 11.6 Å². The fourth-order valence-electron chi connectivity index (χ4n) is 2.47. The third-order valence-corrected chi connectivity index (χ3v) is 5.38. The van der Waals surface area contributed by atoms with Crippen LogP contribution in [0.15, 0.2) is 18.2 Å². The van der Waals surface area contributed by atoms with Gasteiger partial charge in [-0.25, -0.2) is 12.8 Å². The first-order valence-electron chi connectivity index (χ1n) is 7.29. The highest BCUT2D eigenvalue weighted by atomic mass is 35.5. The molecule has 0 saturated heterocycles. The maximum absolute atomic E-state index is 13.1. The average Bonchev–Trinajstić information content (AvgIpc) is 3.22. The van der Waals surface area contributed by atoms with Crippen LogP contribution in [0, 0.1) is 5.82 Å². The summed E-state index contributed by atoms with van der Waals surface area (Å²) in [5, 5.41) is 3.10. The van der Waals surface area contributed by atoms with Crippen molar-refractivity contribution in [1.29, 1.82) is 0 Å². The van der Waals surface area contributed by atoms with E-state index in [-0.39, 0.29) is 30.0 Å². The summed E-state index contributed by atoms with van der Waals surface area (Å²) in [5.41, 5.74) is 6.24. The van der Waals surface area contributed by atoms with Crippen LogP contribution in [-0.2, 0) is 20.0 Å². The molecule has 1 aromatic carbocycles. The molecule has 2 rings (SSSR count). The molecule has 24 heavy (non-hydrogen) atoms. The minimum Gasteiger partial charge on any atom is -0.354 e. The van der Waals surface area contributed by atoms with Crippen LogP contribution in [0.25, 0.3) is 0 Å². The number of benzene rings is 1. The summed E-state index contributed by atoms with van der Waals surface area (Å²) in [4.78, 5) is 12.0. The Morgan fingerprint density at radius 1 is 1.46 bits per heavy atom. The van der Waals surface area contributed by atoms with Crippen molar-refractivity contribution >= 4 is 39.8 Å². The monoisotopic (exact) mass is 398 g/mol. The van der Waals surface area contributed by atoms with Gasteiger partial charge in [-0.05, 0) is 37.0 Å². The SMILES string of the molecule is CS(=O)(=O)CCC(N)C(=O)NCC1(c2ccc(F)cc2Cl)CC1.Cl. The second-order valence-corrected chi connectivity index (χ2v) is 8.81. The lowest BCUT2D eigenvalue weighted by Gasteiger charge is -2.19. The van der Waals surface area contributed by atoms with Crippen LogP contribution in [-0.4, -0.2) is 38.9 Å². The molecular formula is C15H21Cl2FN2O3S. The van der Waals surface area contributed by atoms with Crippen molar-refractivity contribution in [3.8, 4) is 0 Å². The minimum atomic E-state index is -3.15. The highest BCUT2D eigenvalue weighted by molar-refractivity contribution is 7.90. The molecule has 1 aliphatic rings. The number of hydrogen-bond donors (Lipinski definition) is 2. The molecule has 1 unspecified atom stereocenters. The van der Waals surface area contributed by atoms with E-state index in [4.69, 9.17) is 17.3 Å². The first kappa shape index (κ1) is 21.2. The first-order chi connectivity index (χ1) is 10.6. The topological polar surface area (TPSA) is 89.3 Å². The van der Waals surface area contributed by atoms with Gasteiger partial charge in [-0.1, -0.05) is 17.7 Å². The highest BCUT2D eigenvalue weighted by Crippen LogP contribution is 2.50. The van der Waals surface area contributed by atoms with Gasteiger partial charge >= 0.3 is 0 Å². The van der Waals surface area contributed by atoms with Crippen LogP contribution in [0.2, 0.25) is 5.02 Å². The van der Waals surface area contributed by atoms with E-state index in [1.54, 1.807) is 6.07 Å². The lowest BCUT2D eigenvalue weighted by Crippen LogP contribution is -2.44. The molecule has 1 amide bonds. The lowest BCUT2D eigenvalue weighted by atomic mass is 9.95. The molecule has 0 radical (unpaired) electrons. The Bertz CT molecular complexity index is 709. The zero-order valence-corrected chi connectivity index (χ0v) is 15.6. The standard InChI is InChI=1S/C15H20ClFN2O3S.ClH/c1-23(21,22)7-4-13(18)14(20)19-9-15(5-6-15)11-3-2-10(17)8-12(11)16;/h2-3,8,13H,4-7,9,18H2,1H3,(H,19,20);1H. The number of hydrogen-bond acceptors (Lipinski definition) is 4. The largest absolute Gasteiger partial charge is 0.354 e. The van der Waals surface area contributed by atoms with Gasteiger partial charge in [-0.3, -0.25) is 4.79 Å². The molecule has 0 spiro atoms. The van der Waals surface area contributed by atoms with Gasteiger partial charge < -0.3 is 11.1 Å². The molecule has 1 fully saturated rings. The third kappa shape index (κ3) is 5.58. The maximum Gasteiger partial charge on any atom is 0.236 e. The van der Waals surface area contributed by atoms with E-state index in [0.717, 1.165) is 24.7 Å². The minimum absolute atomic E-state index is 0. The smallest absolute Gasteiger partial charge is 0.236 e. The molecule has 1 saturated carbocycles. The molecule has 5 nitrogen and oxygen atoms in total. The van der Waals surface area contributed by atoms with Gasteiger partial charge in [0, 0.05) is 23.2 Å². The van der Waals surface area contributed by atoms with Crippen LogP contribution in [0.5, 0.6) is 0 Å². The predicted octanol–water partition coefficient (Wildman–Crippen LogP) is 1.81. The average molecular weight is 399 g/mol. The molecule has 3 N–H and O–H groups in total. The van der Waals surface area contributed by atoms with Crippen LogP contribution in [0.1, 0.15) is 24.8 Å². The normalized spacial score (nSPS) is 16.8. The van der Waals surface area contributed by atoms with Gasteiger partial charge in [0.2, 0.25) is 5.91 Å². The Morgan fingerprint density at radius 2 is 2.08 bits per heavy atom. The molecule has 0 heterocycles. The van der Waals surface area contributed by atoms with E-state index < -0.39 is 27.6 Å². The van der Waals surface area contributed by atoms with E-state index >= 15 is 0 Å². The predicted molar refractivity (Wildman–Crippen MR) is 94.9 cm³/mol. The Balaban J connectivity index is 0.00000288. The Labute approximate surface area is 152 Å². The van der Waals surface area contributed by atoms with Gasteiger partial charge in [0.1, 0.15) is 15.7 Å². The van der Waals surface area contributed by atoms with Gasteiger partial charge in [0.15, 0.2) is 0 Å². The zero-order chi connectivity index (χ0) is 17.3. The molecule has 0 aliphatic heterocycles. The summed E-state index contributed by atoms with van der Waals surface area (Å²) in [6.45, 7) is 0.351. The lowest BCUT2D eigenvalue weighted by molar-refractivity contribution is -0.122. The zero-order valence-electron chi connectivity index (χ0n) is 13.2. The van der Waals surface area contributed by atoms with Crippen molar-refractivity contribution in [2.75, 3.05) is 18.6 Å². The van der Waals surface area contributed by atoms with Crippen molar-refractivity contribution < 1.29 is 17.6 Å². The van der Waals surface area contributed by atoms with E-state index in [9.17, 15) is 17.6 Å². The van der Waals surface area contributed by atoms with Crippen molar-refractivity contribution in [3.05, 3.63) is 34.6 Å². The van der Waals surface area contributed by atoms with Crippen molar-refractivity contribution in [1.82, 2.24) is 5.32 Å². The summed E-state index contributed by atoms with van der Waals surface area (Å²) in [5.74, 6) is -0.921. The third-order valence-electron chi connectivity index (χ3n) is 4.09. The van der Waals surface area contributed by atoms with Gasteiger partial charge in [-0.2, -0.15) is 0 Å². The molecule has 1 atom stereocenters. The van der Waals surface area contributed by atoms with Gasteiger partial charge in [0.05, 0.1) is 11.8 Å². The molecule has 9 heteroatoms. The molecular weight excluding hydrogens is 378 g/mol. The second-order valence-electron chi connectivity index (χ2n) is 6.15. The quantitative estimate of drug-likeness (QED) is 0.732. The van der Waals surface area contributed by atoms with E-state index in [1.807, 2.05) is 0 Å². The molecule has 1 aromatic rings. The summed E-state index contributed by atoms with van der Waals surface area (Å²) in [7, 11) is -3.15. The molecule has 0 bridgehead atoms. The van der Waals surface area contributed by atoms with E-state index in [1.165, 1.54) is 12.1 Å². The fourth-order valence-corrected chi connectivity index (χ4v) is 3.52. The Morgan fingerprint density at radius 3 is 2.58 bits per heavy atom. The number of nitrogens with one attached hydrogen (secondary N) is 1. The van der Waals surface area contributed by atoms with Crippen molar-refractivity contribution in [2.24, 2.45) is 5.73 Å². The van der Waals surface area contributed by atoms with Crippen molar-refractivity contribution in [3.63, 3.8) is 0 Å². The van der Waals surface area contributed by atoms with Crippen LogP contribution in [0.4, 0.5) is 4.39 Å². The highest BCUT2D eigenvalue weighted by Gasteiger charge is 2.45. The second kappa shape index (κ2) is 7.99. The number of halogens is 3. The molecule has 1 aliphatic carbocycles. The fraction of sp³-hybridized carbons (Fsp3) is 0.533. The van der Waals surface area contributed by atoms with Crippen molar-refractivity contribution in [2.45, 2.75) is 30.7 Å². The summed E-state index contributed by atoms with van der Waals surface area (Å²) in [6, 6.07) is 3.38. The summed E-state index contributed by atoms with van der Waals surface area (Å²) < 4.78 is 35.3. The maximum atomic E-state index is 13.1. The Hall–Kier alpha value is -0.890. The van der Waals surface area contributed by atoms with Gasteiger partial charge in [0.25, 0.3) is 0 Å². The first-order valence-corrected chi connectivity index (χ1v) is 9.73. The van der Waals surface area contributed by atoms with E-state index in [2.05, 4.69) is 5.32 Å². The van der Waals surface area contributed by atoms with Crippen LogP contribution >= 0.6 is 24.0 Å².